The molecule has 18 heavy (non-hydrogen) atoms. The van der Waals surface area contributed by atoms with Gasteiger partial charge in [0.2, 0.25) is 0 Å². The van der Waals surface area contributed by atoms with Gasteiger partial charge < -0.3 is 9.64 Å². The summed E-state index contributed by atoms with van der Waals surface area (Å²) in [6.07, 6.45) is -1.65. The molecule has 0 aliphatic carbocycles. The third kappa shape index (κ3) is 2.85. The molecule has 1 aliphatic heterocycles. The van der Waals surface area contributed by atoms with Gasteiger partial charge in [0, 0.05) is 6.54 Å². The molecule has 2 atom stereocenters. The number of hydrogen-bond acceptors (Lipinski definition) is 3. The quantitative estimate of drug-likeness (QED) is 0.770. The number of rotatable bonds is 3. The number of ether oxygens (including phenoxy) is 1. The average molecular weight is 250 g/mol. The van der Waals surface area contributed by atoms with Crippen LogP contribution in [0.25, 0.3) is 0 Å². The molecule has 2 rings (SSSR count). The number of benzene rings is 1. The fourth-order valence-electron chi connectivity index (χ4n) is 1.88. The molecule has 0 aromatic heterocycles. The van der Waals surface area contributed by atoms with E-state index in [4.69, 9.17) is 4.74 Å². The van der Waals surface area contributed by atoms with Gasteiger partial charge in [-0.25, -0.2) is 9.18 Å². The molecule has 1 amide bonds. The summed E-state index contributed by atoms with van der Waals surface area (Å²) in [4.78, 5) is 16.7. The Morgan fingerprint density at radius 3 is 2.78 bits per heavy atom. The number of halogens is 1. The van der Waals surface area contributed by atoms with Crippen LogP contribution >= 0.6 is 0 Å². The molecule has 0 saturated carbocycles. The van der Waals surface area contributed by atoms with Gasteiger partial charge >= 0.3 is 6.09 Å². The van der Waals surface area contributed by atoms with Crippen molar-refractivity contribution < 1.29 is 13.9 Å². The first-order valence-corrected chi connectivity index (χ1v) is 5.76. The van der Waals surface area contributed by atoms with E-state index in [2.05, 4.69) is 11.7 Å². The minimum atomic E-state index is -1.15. The molecule has 1 aromatic carbocycles. The van der Waals surface area contributed by atoms with Crippen molar-refractivity contribution in [1.82, 2.24) is 4.90 Å². The number of alkyl halides is 1. The Labute approximate surface area is 105 Å². The maximum Gasteiger partial charge on any atom is 0.410 e. The van der Waals surface area contributed by atoms with Crippen LogP contribution < -0.4 is 0 Å². The molecule has 96 valence electrons. The number of aliphatic imine (C=N–C) groups is 1. The standard InChI is InChI=1S/C13H15FN2O2/c1-15-12-8-16(7-11(12)14)13(17)18-9-10-5-3-2-4-6-10/h2-6,11-12H,1,7-9H2/t11-,12-/m0/s1. The minimum absolute atomic E-state index is 0.0251. The monoisotopic (exact) mass is 250 g/mol. The maximum absolute atomic E-state index is 13.4. The van der Waals surface area contributed by atoms with Crippen LogP contribution in [0.5, 0.6) is 0 Å². The Hall–Kier alpha value is -1.91. The van der Waals surface area contributed by atoms with Gasteiger partial charge in [-0.15, -0.1) is 0 Å². The molecule has 0 N–H and O–H groups in total. The smallest absolute Gasteiger partial charge is 0.410 e. The van der Waals surface area contributed by atoms with Crippen molar-refractivity contribution in [2.45, 2.75) is 18.8 Å². The molecule has 1 aromatic rings. The third-order valence-electron chi connectivity index (χ3n) is 2.92. The molecule has 1 aliphatic rings. The second-order valence-corrected chi connectivity index (χ2v) is 4.21. The Morgan fingerprint density at radius 1 is 1.44 bits per heavy atom. The zero-order valence-corrected chi connectivity index (χ0v) is 9.96. The van der Waals surface area contributed by atoms with E-state index in [0.29, 0.717) is 0 Å². The summed E-state index contributed by atoms with van der Waals surface area (Å²) in [5, 5.41) is 0. The van der Waals surface area contributed by atoms with E-state index < -0.39 is 18.3 Å². The Kier molecular flexibility index (Phi) is 3.92. The van der Waals surface area contributed by atoms with Gasteiger partial charge in [-0.1, -0.05) is 30.3 Å². The van der Waals surface area contributed by atoms with Crippen LogP contribution in [0.3, 0.4) is 0 Å². The van der Waals surface area contributed by atoms with Crippen LogP contribution in [-0.2, 0) is 11.3 Å². The van der Waals surface area contributed by atoms with E-state index in [-0.39, 0.29) is 19.7 Å². The van der Waals surface area contributed by atoms with E-state index in [1.807, 2.05) is 30.3 Å². The molecule has 1 fully saturated rings. The fraction of sp³-hybridized carbons (Fsp3) is 0.385. The predicted molar refractivity (Wildman–Crippen MR) is 66.4 cm³/mol. The van der Waals surface area contributed by atoms with Crippen molar-refractivity contribution in [3.63, 3.8) is 0 Å². The molecular weight excluding hydrogens is 235 g/mol. The SMILES string of the molecule is C=N[C@H]1CN(C(=O)OCc2ccccc2)C[C@@H]1F. The topological polar surface area (TPSA) is 41.9 Å². The molecule has 1 saturated heterocycles. The van der Waals surface area contributed by atoms with Crippen LogP contribution in [0.2, 0.25) is 0 Å². The summed E-state index contributed by atoms with van der Waals surface area (Å²) in [6, 6.07) is 8.82. The molecule has 1 heterocycles. The van der Waals surface area contributed by atoms with Gasteiger partial charge in [0.15, 0.2) is 0 Å². The summed E-state index contributed by atoms with van der Waals surface area (Å²) >= 11 is 0. The molecule has 0 unspecified atom stereocenters. The molecule has 5 heteroatoms. The summed E-state index contributed by atoms with van der Waals surface area (Å²) in [7, 11) is 0. The summed E-state index contributed by atoms with van der Waals surface area (Å²) in [6.45, 7) is 3.76. The summed E-state index contributed by atoms with van der Waals surface area (Å²) in [5.74, 6) is 0. The van der Waals surface area contributed by atoms with E-state index in [1.54, 1.807) is 0 Å². The van der Waals surface area contributed by atoms with Gasteiger partial charge in [-0.2, -0.15) is 0 Å². The first-order valence-electron chi connectivity index (χ1n) is 5.76. The van der Waals surface area contributed by atoms with Crippen molar-refractivity contribution in [3.05, 3.63) is 35.9 Å². The normalized spacial score (nSPS) is 22.8. The second-order valence-electron chi connectivity index (χ2n) is 4.21. The highest BCUT2D eigenvalue weighted by molar-refractivity contribution is 5.68. The first-order chi connectivity index (χ1) is 8.70. The number of nitrogens with zero attached hydrogens (tertiary/aromatic N) is 2. The van der Waals surface area contributed by atoms with Gasteiger partial charge in [-0.05, 0) is 12.3 Å². The minimum Gasteiger partial charge on any atom is -0.445 e. The number of hydrogen-bond donors (Lipinski definition) is 0. The van der Waals surface area contributed by atoms with Crippen molar-refractivity contribution in [1.29, 1.82) is 0 Å². The van der Waals surface area contributed by atoms with Gasteiger partial charge in [-0.3, -0.25) is 4.99 Å². The van der Waals surface area contributed by atoms with Crippen LogP contribution in [0.4, 0.5) is 9.18 Å². The molecule has 0 bridgehead atoms. The number of carbonyl (C=O) groups excluding carboxylic acids is 1. The molecule has 0 radical (unpaired) electrons. The first kappa shape index (κ1) is 12.5. The Morgan fingerprint density at radius 2 is 2.17 bits per heavy atom. The number of likely N-dealkylation sites (tertiary alicyclic amines) is 1. The lowest BCUT2D eigenvalue weighted by molar-refractivity contribution is 0.102. The van der Waals surface area contributed by atoms with Crippen LogP contribution in [0, 0.1) is 0 Å². The van der Waals surface area contributed by atoms with E-state index in [0.717, 1.165) is 5.56 Å². The molecular formula is C13H15FN2O2. The highest BCUT2D eigenvalue weighted by Crippen LogP contribution is 2.17. The fourth-order valence-corrected chi connectivity index (χ4v) is 1.88. The number of amides is 1. The van der Waals surface area contributed by atoms with E-state index >= 15 is 0 Å². The largest absolute Gasteiger partial charge is 0.445 e. The summed E-state index contributed by atoms with van der Waals surface area (Å²) < 4.78 is 18.5. The Bertz CT molecular complexity index is 424. The lowest BCUT2D eigenvalue weighted by Gasteiger charge is -2.15. The van der Waals surface area contributed by atoms with E-state index in [1.165, 1.54) is 4.90 Å². The van der Waals surface area contributed by atoms with Crippen LogP contribution in [0.1, 0.15) is 5.56 Å². The average Bonchev–Trinajstić information content (AvgIpc) is 2.78. The van der Waals surface area contributed by atoms with Gasteiger partial charge in [0.25, 0.3) is 0 Å². The second kappa shape index (κ2) is 5.62. The third-order valence-corrected chi connectivity index (χ3v) is 2.92. The highest BCUT2D eigenvalue weighted by Gasteiger charge is 2.35. The maximum atomic E-state index is 13.4. The van der Waals surface area contributed by atoms with Crippen molar-refractivity contribution in [2.24, 2.45) is 4.99 Å². The lowest BCUT2D eigenvalue weighted by atomic mass is 10.2. The van der Waals surface area contributed by atoms with Gasteiger partial charge in [0.05, 0.1) is 12.6 Å². The zero-order valence-electron chi connectivity index (χ0n) is 9.96. The Balaban J connectivity index is 1.84. The predicted octanol–water partition coefficient (Wildman–Crippen LogP) is 2.05. The lowest BCUT2D eigenvalue weighted by Crippen LogP contribution is -2.30. The highest BCUT2D eigenvalue weighted by atomic mass is 19.1. The molecule has 0 spiro atoms. The zero-order chi connectivity index (χ0) is 13.0. The summed E-state index contributed by atoms with van der Waals surface area (Å²) in [5.41, 5.74) is 0.903. The van der Waals surface area contributed by atoms with Crippen molar-refractivity contribution in [2.75, 3.05) is 13.1 Å². The van der Waals surface area contributed by atoms with Crippen molar-refractivity contribution >= 4 is 12.8 Å². The van der Waals surface area contributed by atoms with Crippen LogP contribution in [0.15, 0.2) is 35.3 Å². The van der Waals surface area contributed by atoms with Crippen LogP contribution in [-0.4, -0.2) is 43.0 Å². The van der Waals surface area contributed by atoms with Crippen molar-refractivity contribution in [3.8, 4) is 0 Å². The van der Waals surface area contributed by atoms with Gasteiger partial charge in [0.1, 0.15) is 12.8 Å². The van der Waals surface area contributed by atoms with E-state index in [9.17, 15) is 9.18 Å². The molecule has 4 nitrogen and oxygen atoms in total. The number of carbonyl (C=O) groups is 1.